The van der Waals surface area contributed by atoms with Gasteiger partial charge in [0.05, 0.1) is 11.9 Å². The lowest BCUT2D eigenvalue weighted by atomic mass is 9.68. The van der Waals surface area contributed by atoms with Crippen LogP contribution in [-0.4, -0.2) is 16.2 Å². The van der Waals surface area contributed by atoms with Gasteiger partial charge in [0.2, 0.25) is 0 Å². The van der Waals surface area contributed by atoms with Gasteiger partial charge in [0.15, 0.2) is 0 Å². The summed E-state index contributed by atoms with van der Waals surface area (Å²) in [5.41, 5.74) is 2.02. The highest BCUT2D eigenvalue weighted by Crippen LogP contribution is 2.63. The molecular weight excluding hydrogens is 198 g/mol. The predicted molar refractivity (Wildman–Crippen MR) is 65.2 cm³/mol. The van der Waals surface area contributed by atoms with E-state index in [1.807, 2.05) is 12.4 Å². The van der Waals surface area contributed by atoms with Gasteiger partial charge >= 0.3 is 0 Å². The molecule has 2 bridgehead atoms. The Morgan fingerprint density at radius 3 is 2.81 bits per heavy atom. The number of hydrogen-bond donors (Lipinski definition) is 2. The van der Waals surface area contributed by atoms with E-state index in [0.717, 1.165) is 11.6 Å². The van der Waals surface area contributed by atoms with Crippen molar-refractivity contribution in [3.63, 3.8) is 0 Å². The number of anilines is 1. The van der Waals surface area contributed by atoms with Crippen LogP contribution in [0, 0.1) is 16.7 Å². The zero-order valence-electron chi connectivity index (χ0n) is 10.4. The first-order chi connectivity index (χ1) is 7.52. The molecule has 0 saturated heterocycles. The Morgan fingerprint density at radius 1 is 1.44 bits per heavy atom. The van der Waals surface area contributed by atoms with E-state index in [9.17, 15) is 0 Å². The van der Waals surface area contributed by atoms with E-state index in [1.54, 1.807) is 0 Å². The Kier molecular flexibility index (Phi) is 1.92. The molecular formula is C13H21N3. The van der Waals surface area contributed by atoms with Gasteiger partial charge in [-0.3, -0.25) is 5.10 Å². The summed E-state index contributed by atoms with van der Waals surface area (Å²) < 4.78 is 0. The molecule has 0 spiro atoms. The van der Waals surface area contributed by atoms with Crippen LogP contribution < -0.4 is 5.32 Å². The second-order valence-electron chi connectivity index (χ2n) is 6.48. The van der Waals surface area contributed by atoms with Crippen molar-refractivity contribution in [3.05, 3.63) is 12.4 Å². The highest BCUT2D eigenvalue weighted by atomic mass is 15.1. The maximum absolute atomic E-state index is 4.01. The molecule has 3 atom stereocenters. The minimum absolute atomic E-state index is 0.407. The van der Waals surface area contributed by atoms with Crippen molar-refractivity contribution in [1.82, 2.24) is 10.2 Å². The Morgan fingerprint density at radius 2 is 2.25 bits per heavy atom. The lowest BCUT2D eigenvalue weighted by molar-refractivity contribution is 0.155. The van der Waals surface area contributed by atoms with Gasteiger partial charge in [-0.05, 0) is 36.0 Å². The summed E-state index contributed by atoms with van der Waals surface area (Å²) in [6.45, 7) is 7.28. The smallest absolute Gasteiger partial charge is 0.0726 e. The van der Waals surface area contributed by atoms with E-state index in [-0.39, 0.29) is 0 Å². The SMILES string of the molecule is CC12CCC(C1)C(C)(C)C2Nc1cn[nH]c1. The van der Waals surface area contributed by atoms with Gasteiger partial charge in [-0.1, -0.05) is 20.8 Å². The molecule has 3 rings (SSSR count). The number of nitrogens with one attached hydrogen (secondary N) is 2. The number of aromatic amines is 1. The summed E-state index contributed by atoms with van der Waals surface area (Å²) in [5.74, 6) is 0.891. The van der Waals surface area contributed by atoms with Gasteiger partial charge in [0, 0.05) is 12.2 Å². The summed E-state index contributed by atoms with van der Waals surface area (Å²) in [5, 5.41) is 10.6. The molecule has 1 heterocycles. The van der Waals surface area contributed by atoms with Crippen molar-refractivity contribution >= 4 is 5.69 Å². The molecule has 3 heteroatoms. The van der Waals surface area contributed by atoms with Gasteiger partial charge in [0.25, 0.3) is 0 Å². The fraction of sp³-hybridized carbons (Fsp3) is 0.769. The van der Waals surface area contributed by atoms with Crippen LogP contribution in [-0.2, 0) is 0 Å². The second-order valence-corrected chi connectivity index (χ2v) is 6.48. The van der Waals surface area contributed by atoms with Crippen molar-refractivity contribution in [2.75, 3.05) is 5.32 Å². The summed E-state index contributed by atoms with van der Waals surface area (Å²) in [6.07, 6.45) is 8.00. The number of rotatable bonds is 2. The van der Waals surface area contributed by atoms with Crippen molar-refractivity contribution in [1.29, 1.82) is 0 Å². The number of H-pyrrole nitrogens is 1. The number of aromatic nitrogens is 2. The number of nitrogens with zero attached hydrogens (tertiary/aromatic N) is 1. The van der Waals surface area contributed by atoms with E-state index in [1.165, 1.54) is 19.3 Å². The highest BCUT2D eigenvalue weighted by Gasteiger charge is 2.59. The lowest BCUT2D eigenvalue weighted by Crippen LogP contribution is -2.45. The molecule has 2 aliphatic carbocycles. The van der Waals surface area contributed by atoms with Gasteiger partial charge < -0.3 is 5.32 Å². The number of hydrogen-bond acceptors (Lipinski definition) is 2. The third kappa shape index (κ3) is 1.23. The summed E-state index contributed by atoms with van der Waals surface area (Å²) in [4.78, 5) is 0. The first-order valence-electron chi connectivity index (χ1n) is 6.28. The fourth-order valence-electron chi connectivity index (χ4n) is 4.16. The third-order valence-electron chi connectivity index (χ3n) is 5.08. The Balaban J connectivity index is 1.88. The van der Waals surface area contributed by atoms with Crippen molar-refractivity contribution in [2.24, 2.45) is 16.7 Å². The zero-order valence-corrected chi connectivity index (χ0v) is 10.4. The molecule has 2 N–H and O–H groups in total. The van der Waals surface area contributed by atoms with Crippen LogP contribution in [0.25, 0.3) is 0 Å². The normalized spacial score (nSPS) is 40.2. The van der Waals surface area contributed by atoms with Crippen LogP contribution in [0.5, 0.6) is 0 Å². The average molecular weight is 219 g/mol. The van der Waals surface area contributed by atoms with Crippen LogP contribution >= 0.6 is 0 Å². The molecule has 2 saturated carbocycles. The minimum Gasteiger partial charge on any atom is -0.379 e. The molecule has 0 radical (unpaired) electrons. The minimum atomic E-state index is 0.407. The van der Waals surface area contributed by atoms with Crippen LogP contribution in [0.3, 0.4) is 0 Å². The molecule has 2 aliphatic rings. The number of fused-ring (bicyclic) bond motifs is 2. The summed E-state index contributed by atoms with van der Waals surface area (Å²) >= 11 is 0. The molecule has 0 amide bonds. The maximum Gasteiger partial charge on any atom is 0.0726 e. The first kappa shape index (κ1) is 10.2. The van der Waals surface area contributed by atoms with Gasteiger partial charge in [0.1, 0.15) is 0 Å². The van der Waals surface area contributed by atoms with Crippen LogP contribution in [0.2, 0.25) is 0 Å². The van der Waals surface area contributed by atoms with Gasteiger partial charge in [-0.15, -0.1) is 0 Å². The monoisotopic (exact) mass is 219 g/mol. The zero-order chi connectivity index (χ0) is 11.4. The van der Waals surface area contributed by atoms with Gasteiger partial charge in [-0.25, -0.2) is 0 Å². The summed E-state index contributed by atoms with van der Waals surface area (Å²) in [7, 11) is 0. The Bertz CT molecular complexity index is 377. The maximum atomic E-state index is 4.01. The molecule has 1 aromatic heterocycles. The predicted octanol–water partition coefficient (Wildman–Crippen LogP) is 3.04. The van der Waals surface area contributed by atoms with E-state index < -0.39 is 0 Å². The van der Waals surface area contributed by atoms with Crippen molar-refractivity contribution in [2.45, 2.75) is 46.1 Å². The molecule has 3 unspecified atom stereocenters. The Hall–Kier alpha value is -0.990. The van der Waals surface area contributed by atoms with Crippen LogP contribution in [0.15, 0.2) is 12.4 Å². The highest BCUT2D eigenvalue weighted by molar-refractivity contribution is 5.41. The molecule has 2 fully saturated rings. The molecule has 16 heavy (non-hydrogen) atoms. The fourth-order valence-corrected chi connectivity index (χ4v) is 4.16. The van der Waals surface area contributed by atoms with E-state index in [0.29, 0.717) is 16.9 Å². The molecule has 1 aromatic rings. The topological polar surface area (TPSA) is 40.7 Å². The van der Waals surface area contributed by atoms with Crippen molar-refractivity contribution in [3.8, 4) is 0 Å². The largest absolute Gasteiger partial charge is 0.379 e. The Labute approximate surface area is 97.0 Å². The van der Waals surface area contributed by atoms with Gasteiger partial charge in [-0.2, -0.15) is 5.10 Å². The summed E-state index contributed by atoms with van der Waals surface area (Å²) in [6, 6.07) is 0.580. The molecule has 0 aliphatic heterocycles. The quantitative estimate of drug-likeness (QED) is 0.802. The molecule has 88 valence electrons. The standard InChI is InChI=1S/C13H21N3/c1-12(2)9-4-5-13(3,6-9)11(12)16-10-7-14-15-8-10/h7-9,11,16H,4-6H2,1-3H3,(H,14,15). The van der Waals surface area contributed by atoms with Crippen LogP contribution in [0.4, 0.5) is 5.69 Å². The molecule has 3 nitrogen and oxygen atoms in total. The second kappa shape index (κ2) is 3.02. The van der Waals surface area contributed by atoms with Crippen LogP contribution in [0.1, 0.15) is 40.0 Å². The average Bonchev–Trinajstić information content (AvgIpc) is 2.85. The van der Waals surface area contributed by atoms with Crippen molar-refractivity contribution < 1.29 is 0 Å². The van der Waals surface area contributed by atoms with E-state index in [2.05, 4.69) is 36.3 Å². The van der Waals surface area contributed by atoms with E-state index in [4.69, 9.17) is 0 Å². The third-order valence-corrected chi connectivity index (χ3v) is 5.08. The first-order valence-corrected chi connectivity index (χ1v) is 6.28. The lowest BCUT2D eigenvalue weighted by Gasteiger charge is -2.43. The molecule has 0 aromatic carbocycles. The van der Waals surface area contributed by atoms with E-state index >= 15 is 0 Å².